The van der Waals surface area contributed by atoms with Gasteiger partial charge < -0.3 is 19.3 Å². The zero-order valence-corrected chi connectivity index (χ0v) is 29.8. The smallest absolute Gasteiger partial charge is 0.155 e. The molecule has 0 radical (unpaired) electrons. The molecule has 4 aromatic carbocycles. The summed E-state index contributed by atoms with van der Waals surface area (Å²) < 4.78 is 5.96. The molecule has 0 saturated carbocycles. The van der Waals surface area contributed by atoms with E-state index in [0.29, 0.717) is 32.7 Å². The SMILES string of the molecule is CCN1/C(=C/C(C)=O)Sc2ccc(O)c(-c3cc(Cl)ccc3Cl)c21.CCN1/C(=C/C(C)=O)Sc2ccc3oc4ccc(Cl)cc4c3c21. The number of carbonyl (C=O) groups excluding carboxylic acids is 2. The molecule has 240 valence electrons. The number of hydrogen-bond donors (Lipinski definition) is 1. The van der Waals surface area contributed by atoms with E-state index in [1.165, 1.54) is 18.7 Å². The van der Waals surface area contributed by atoms with Crippen LogP contribution in [0.15, 0.2) is 97.1 Å². The van der Waals surface area contributed by atoms with Crippen molar-refractivity contribution < 1.29 is 19.1 Å². The Labute approximate surface area is 295 Å². The number of nitrogens with zero attached hydrogens (tertiary/aromatic N) is 2. The molecule has 7 rings (SSSR count). The van der Waals surface area contributed by atoms with Crippen molar-refractivity contribution in [2.24, 2.45) is 0 Å². The summed E-state index contributed by atoms with van der Waals surface area (Å²) in [6.07, 6.45) is 3.30. The fourth-order valence-corrected chi connectivity index (χ4v) is 8.77. The average molecular weight is 724 g/mol. The lowest BCUT2D eigenvalue weighted by Crippen LogP contribution is -2.18. The highest BCUT2D eigenvalue weighted by Crippen LogP contribution is 2.55. The number of hydrogen-bond acceptors (Lipinski definition) is 8. The number of aromatic hydroxyl groups is 1. The molecule has 3 heterocycles. The summed E-state index contributed by atoms with van der Waals surface area (Å²) in [4.78, 5) is 29.3. The van der Waals surface area contributed by atoms with E-state index in [-0.39, 0.29) is 17.3 Å². The summed E-state index contributed by atoms with van der Waals surface area (Å²) in [5.74, 6) is 0.159. The number of phenols is 1. The summed E-state index contributed by atoms with van der Waals surface area (Å²) in [5.41, 5.74) is 4.90. The summed E-state index contributed by atoms with van der Waals surface area (Å²) in [6, 6.07) is 18.4. The minimum atomic E-state index is -0.0182. The van der Waals surface area contributed by atoms with E-state index in [0.717, 1.165) is 59.7 Å². The van der Waals surface area contributed by atoms with Gasteiger partial charge in [-0.2, -0.15) is 0 Å². The van der Waals surface area contributed by atoms with Crippen LogP contribution in [0.5, 0.6) is 5.75 Å². The molecule has 0 bridgehead atoms. The first-order valence-electron chi connectivity index (χ1n) is 14.8. The standard InChI is InChI=1S/C18H15Cl2NO2S.C18H14ClNO2S/c1-3-21-16(8-10(2)22)24-15-7-6-14(23)17(18(15)21)12-9-11(19)4-5-13(12)20;1-3-20-16(8-10(2)21)23-15-7-6-14-17(18(15)20)12-9-11(19)4-5-13(12)22-14/h4-9,23H,3H2,1-2H3;4-9H,3H2,1-2H3/b2*16-8-. The van der Waals surface area contributed by atoms with Gasteiger partial charge in [0.25, 0.3) is 0 Å². The second-order valence-electron chi connectivity index (χ2n) is 10.8. The lowest BCUT2D eigenvalue weighted by molar-refractivity contribution is -0.113. The van der Waals surface area contributed by atoms with Crippen molar-refractivity contribution in [3.63, 3.8) is 0 Å². The monoisotopic (exact) mass is 722 g/mol. The average Bonchev–Trinajstić information content (AvgIpc) is 3.68. The number of allylic oxidation sites excluding steroid dienone is 2. The van der Waals surface area contributed by atoms with Crippen LogP contribution in [0, 0.1) is 0 Å². The van der Waals surface area contributed by atoms with Gasteiger partial charge in [0, 0.05) is 66.6 Å². The van der Waals surface area contributed by atoms with Gasteiger partial charge in [-0.15, -0.1) is 0 Å². The second kappa shape index (κ2) is 13.5. The summed E-state index contributed by atoms with van der Waals surface area (Å²) in [7, 11) is 0. The second-order valence-corrected chi connectivity index (χ2v) is 14.2. The van der Waals surface area contributed by atoms with E-state index in [4.69, 9.17) is 39.2 Å². The number of furan rings is 1. The largest absolute Gasteiger partial charge is 0.507 e. The lowest BCUT2D eigenvalue weighted by Gasteiger charge is -2.22. The van der Waals surface area contributed by atoms with Crippen molar-refractivity contribution >= 4 is 103 Å². The third kappa shape index (κ3) is 6.37. The van der Waals surface area contributed by atoms with Crippen LogP contribution in [0.2, 0.25) is 15.1 Å². The van der Waals surface area contributed by atoms with Crippen LogP contribution < -0.4 is 9.80 Å². The molecule has 2 aliphatic heterocycles. The maximum absolute atomic E-state index is 11.5. The fraction of sp³-hybridized carbons (Fsp3) is 0.167. The molecule has 0 amide bonds. The molecule has 0 saturated heterocycles. The molecule has 47 heavy (non-hydrogen) atoms. The van der Waals surface area contributed by atoms with Gasteiger partial charge in [0.1, 0.15) is 16.9 Å². The highest BCUT2D eigenvalue weighted by molar-refractivity contribution is 8.04. The van der Waals surface area contributed by atoms with Gasteiger partial charge >= 0.3 is 0 Å². The number of ketones is 2. The van der Waals surface area contributed by atoms with Gasteiger partial charge in [-0.3, -0.25) is 9.59 Å². The summed E-state index contributed by atoms with van der Waals surface area (Å²) in [5, 5.41) is 16.1. The number of phenolic OH excluding ortho intramolecular Hbond substituents is 1. The van der Waals surface area contributed by atoms with Crippen molar-refractivity contribution in [1.82, 2.24) is 0 Å². The number of fused-ring (bicyclic) bond motifs is 6. The molecule has 0 aliphatic carbocycles. The van der Waals surface area contributed by atoms with Crippen LogP contribution in [0.1, 0.15) is 27.7 Å². The van der Waals surface area contributed by atoms with Gasteiger partial charge in [-0.25, -0.2) is 0 Å². The summed E-state index contributed by atoms with van der Waals surface area (Å²) in [6.45, 7) is 8.62. The van der Waals surface area contributed by atoms with Crippen molar-refractivity contribution in [2.45, 2.75) is 37.5 Å². The van der Waals surface area contributed by atoms with Crippen molar-refractivity contribution in [3.05, 3.63) is 97.9 Å². The highest BCUT2D eigenvalue weighted by atomic mass is 35.5. The highest BCUT2D eigenvalue weighted by Gasteiger charge is 2.31. The summed E-state index contributed by atoms with van der Waals surface area (Å²) >= 11 is 21.8. The van der Waals surface area contributed by atoms with Crippen LogP contribution in [0.3, 0.4) is 0 Å². The fourth-order valence-electron chi connectivity index (χ4n) is 5.77. The molecule has 5 aromatic rings. The molecule has 0 spiro atoms. The first kappa shape index (κ1) is 33.4. The third-order valence-corrected chi connectivity index (χ3v) is 10.6. The molecule has 1 aromatic heterocycles. The Morgan fingerprint density at radius 2 is 1.32 bits per heavy atom. The number of thioether (sulfide) groups is 2. The molecule has 0 fully saturated rings. The van der Waals surface area contributed by atoms with E-state index >= 15 is 0 Å². The molecular weight excluding hydrogens is 695 g/mol. The van der Waals surface area contributed by atoms with Crippen LogP contribution in [-0.4, -0.2) is 29.8 Å². The predicted octanol–water partition coefficient (Wildman–Crippen LogP) is 11.3. The van der Waals surface area contributed by atoms with E-state index in [2.05, 4.69) is 17.9 Å². The number of anilines is 2. The Morgan fingerprint density at radius 3 is 1.96 bits per heavy atom. The minimum absolute atomic E-state index is 0.0182. The van der Waals surface area contributed by atoms with Crippen LogP contribution in [0.4, 0.5) is 11.4 Å². The van der Waals surface area contributed by atoms with E-state index < -0.39 is 0 Å². The van der Waals surface area contributed by atoms with Crippen molar-refractivity contribution in [1.29, 1.82) is 0 Å². The molecule has 0 unspecified atom stereocenters. The van der Waals surface area contributed by atoms with Gasteiger partial charge in [-0.05, 0) is 88.4 Å². The number of rotatable bonds is 5. The quantitative estimate of drug-likeness (QED) is 0.180. The normalized spacial score (nSPS) is 15.4. The number of carbonyl (C=O) groups is 2. The Morgan fingerprint density at radius 1 is 0.766 bits per heavy atom. The van der Waals surface area contributed by atoms with Gasteiger partial charge in [0.15, 0.2) is 11.6 Å². The minimum Gasteiger partial charge on any atom is -0.507 e. The Bertz CT molecular complexity index is 2160. The van der Waals surface area contributed by atoms with Crippen LogP contribution >= 0.6 is 58.3 Å². The molecule has 6 nitrogen and oxygen atoms in total. The Hall–Kier alpha value is -3.53. The predicted molar refractivity (Wildman–Crippen MR) is 198 cm³/mol. The topological polar surface area (TPSA) is 74.0 Å². The maximum Gasteiger partial charge on any atom is 0.155 e. The van der Waals surface area contributed by atoms with E-state index in [1.807, 2.05) is 42.2 Å². The van der Waals surface area contributed by atoms with Crippen molar-refractivity contribution in [2.75, 3.05) is 22.9 Å². The van der Waals surface area contributed by atoms with Crippen LogP contribution in [-0.2, 0) is 9.59 Å². The Balaban J connectivity index is 0.000000164. The van der Waals surface area contributed by atoms with Gasteiger partial charge in [0.2, 0.25) is 0 Å². The van der Waals surface area contributed by atoms with Gasteiger partial charge in [-0.1, -0.05) is 58.3 Å². The first-order chi connectivity index (χ1) is 22.5. The first-order valence-corrected chi connectivity index (χ1v) is 17.6. The number of halogens is 3. The molecule has 1 N–H and O–H groups in total. The molecular formula is C36H29Cl3N2O4S2. The zero-order valence-electron chi connectivity index (χ0n) is 25.9. The van der Waals surface area contributed by atoms with E-state index in [1.54, 1.807) is 55.1 Å². The zero-order chi connectivity index (χ0) is 33.6. The number of benzene rings is 4. The Kier molecular flexibility index (Phi) is 9.61. The third-order valence-electron chi connectivity index (χ3n) is 7.64. The van der Waals surface area contributed by atoms with E-state index in [9.17, 15) is 14.7 Å². The molecule has 0 atom stereocenters. The van der Waals surface area contributed by atoms with Gasteiger partial charge in [0.05, 0.1) is 26.8 Å². The lowest BCUT2D eigenvalue weighted by atomic mass is 10.0. The van der Waals surface area contributed by atoms with Crippen LogP contribution in [0.25, 0.3) is 33.1 Å². The molecule has 11 heteroatoms. The maximum atomic E-state index is 11.5. The molecule has 2 aliphatic rings. The van der Waals surface area contributed by atoms with Crippen molar-refractivity contribution in [3.8, 4) is 16.9 Å².